The fraction of sp³-hybridized carbons (Fsp3) is 0.312. The maximum atomic E-state index is 11.5. The Morgan fingerprint density at radius 2 is 1.91 bits per heavy atom. The number of nitrogens with two attached hydrogens (primary N) is 1. The second kappa shape index (κ2) is 5.53. The number of anilines is 1. The number of ether oxygens (including phenoxy) is 1. The summed E-state index contributed by atoms with van der Waals surface area (Å²) >= 11 is 0. The Morgan fingerprint density at radius 1 is 1.32 bits per heavy atom. The maximum absolute atomic E-state index is 11.5. The fourth-order valence-corrected chi connectivity index (χ4v) is 2.14. The lowest BCUT2D eigenvalue weighted by Crippen LogP contribution is -2.24. The lowest BCUT2D eigenvalue weighted by molar-refractivity contribution is 0.0601. The molecule has 114 valence electrons. The van der Waals surface area contributed by atoms with E-state index in [2.05, 4.69) is 15.9 Å². The molecular weight excluding hydrogens is 280 g/mol. The Labute approximate surface area is 129 Å². The first-order valence-electron chi connectivity index (χ1n) is 6.77. The minimum absolute atomic E-state index is 0.333. The molecule has 2 aromatic rings. The number of nitrogen functional groups attached to an aromatic ring is 1. The number of aromatic nitrogens is 2. The lowest BCUT2D eigenvalue weighted by atomic mass is 10.1. The summed E-state index contributed by atoms with van der Waals surface area (Å²) in [7, 11) is 1.33. The summed E-state index contributed by atoms with van der Waals surface area (Å²) in [5.41, 5.74) is 7.71. The van der Waals surface area contributed by atoms with Crippen molar-refractivity contribution in [2.75, 3.05) is 12.8 Å². The van der Waals surface area contributed by atoms with Gasteiger partial charge in [-0.3, -0.25) is 0 Å². The normalized spacial score (nSPS) is 11.0. The van der Waals surface area contributed by atoms with Gasteiger partial charge in [-0.2, -0.15) is 10.4 Å². The fourth-order valence-electron chi connectivity index (χ4n) is 2.14. The van der Waals surface area contributed by atoms with Gasteiger partial charge in [-0.1, -0.05) is 12.1 Å². The molecule has 2 rings (SSSR count). The van der Waals surface area contributed by atoms with Crippen LogP contribution in [-0.2, 0) is 10.3 Å². The van der Waals surface area contributed by atoms with Gasteiger partial charge in [-0.25, -0.2) is 9.48 Å². The highest BCUT2D eigenvalue weighted by Gasteiger charge is 2.24. The molecule has 2 N–H and O–H groups in total. The first-order chi connectivity index (χ1) is 10.3. The van der Waals surface area contributed by atoms with Crippen LogP contribution in [0.1, 0.15) is 36.7 Å². The molecule has 0 aliphatic rings. The van der Waals surface area contributed by atoms with Crippen molar-refractivity contribution in [3.63, 3.8) is 0 Å². The van der Waals surface area contributed by atoms with E-state index in [1.807, 2.05) is 20.8 Å². The second-order valence-electron chi connectivity index (χ2n) is 5.87. The molecule has 6 nitrogen and oxygen atoms in total. The van der Waals surface area contributed by atoms with E-state index in [0.29, 0.717) is 22.6 Å². The Hall–Kier alpha value is -2.81. The smallest absolute Gasteiger partial charge is 0.337 e. The standard InChI is InChI=1S/C16H18N4O2/c1-16(2,3)20-14(18)12(9-17)13(19-20)10-5-7-11(8-6-10)15(21)22-4/h5-8H,18H2,1-4H3. The van der Waals surface area contributed by atoms with Crippen molar-refractivity contribution in [1.82, 2.24) is 9.78 Å². The molecule has 0 aliphatic heterocycles. The third-order valence-corrected chi connectivity index (χ3v) is 3.25. The summed E-state index contributed by atoms with van der Waals surface area (Å²) in [5, 5.41) is 13.8. The van der Waals surface area contributed by atoms with Crippen molar-refractivity contribution in [2.45, 2.75) is 26.3 Å². The molecule has 0 unspecified atom stereocenters. The number of methoxy groups -OCH3 is 1. The molecule has 1 aromatic carbocycles. The van der Waals surface area contributed by atoms with E-state index < -0.39 is 5.97 Å². The van der Waals surface area contributed by atoms with E-state index >= 15 is 0 Å². The molecule has 0 saturated carbocycles. The van der Waals surface area contributed by atoms with Gasteiger partial charge in [0, 0.05) is 5.56 Å². The van der Waals surface area contributed by atoms with Crippen molar-refractivity contribution in [3.05, 3.63) is 35.4 Å². The van der Waals surface area contributed by atoms with Crippen molar-refractivity contribution < 1.29 is 9.53 Å². The third-order valence-electron chi connectivity index (χ3n) is 3.25. The van der Waals surface area contributed by atoms with Crippen LogP contribution in [0.2, 0.25) is 0 Å². The van der Waals surface area contributed by atoms with E-state index in [4.69, 9.17) is 5.73 Å². The number of esters is 1. The molecule has 22 heavy (non-hydrogen) atoms. The van der Waals surface area contributed by atoms with Crippen LogP contribution in [0.4, 0.5) is 5.82 Å². The molecule has 1 aromatic heterocycles. The lowest BCUT2D eigenvalue weighted by Gasteiger charge is -2.20. The Kier molecular flexibility index (Phi) is 3.91. The van der Waals surface area contributed by atoms with Gasteiger partial charge in [0.25, 0.3) is 0 Å². The summed E-state index contributed by atoms with van der Waals surface area (Å²) < 4.78 is 6.30. The summed E-state index contributed by atoms with van der Waals surface area (Å²) in [5.74, 6) is -0.0752. The molecule has 0 atom stereocenters. The van der Waals surface area contributed by atoms with E-state index in [1.54, 1.807) is 28.9 Å². The summed E-state index contributed by atoms with van der Waals surface area (Å²) in [4.78, 5) is 11.5. The number of carbonyl (C=O) groups excluding carboxylic acids is 1. The highest BCUT2D eigenvalue weighted by molar-refractivity contribution is 5.90. The average molecular weight is 298 g/mol. The Balaban J connectivity index is 2.54. The van der Waals surface area contributed by atoms with Crippen LogP contribution in [-0.4, -0.2) is 22.9 Å². The van der Waals surface area contributed by atoms with Gasteiger partial charge >= 0.3 is 5.97 Å². The Morgan fingerprint density at radius 3 is 2.36 bits per heavy atom. The van der Waals surface area contributed by atoms with Gasteiger partial charge in [0.1, 0.15) is 23.1 Å². The minimum atomic E-state index is -0.410. The number of nitriles is 1. The van der Waals surface area contributed by atoms with Crippen LogP contribution in [0.5, 0.6) is 0 Å². The quantitative estimate of drug-likeness (QED) is 0.860. The van der Waals surface area contributed by atoms with Crippen LogP contribution in [0.25, 0.3) is 11.3 Å². The van der Waals surface area contributed by atoms with Crippen molar-refractivity contribution in [3.8, 4) is 17.3 Å². The monoisotopic (exact) mass is 298 g/mol. The maximum Gasteiger partial charge on any atom is 0.337 e. The van der Waals surface area contributed by atoms with Crippen LogP contribution in [0.3, 0.4) is 0 Å². The number of hydrogen-bond acceptors (Lipinski definition) is 5. The molecule has 0 radical (unpaired) electrons. The zero-order valence-electron chi connectivity index (χ0n) is 13.0. The molecule has 0 spiro atoms. The second-order valence-corrected chi connectivity index (χ2v) is 5.87. The molecular formula is C16H18N4O2. The predicted octanol–water partition coefficient (Wildman–Crippen LogP) is 2.55. The predicted molar refractivity (Wildman–Crippen MR) is 83.1 cm³/mol. The summed E-state index contributed by atoms with van der Waals surface area (Å²) in [6.45, 7) is 5.88. The molecule has 0 fully saturated rings. The van der Waals surface area contributed by atoms with Crippen LogP contribution in [0, 0.1) is 11.3 Å². The first kappa shape index (κ1) is 15.6. The highest BCUT2D eigenvalue weighted by Crippen LogP contribution is 2.30. The zero-order valence-corrected chi connectivity index (χ0v) is 13.0. The van der Waals surface area contributed by atoms with Crippen molar-refractivity contribution >= 4 is 11.8 Å². The summed E-state index contributed by atoms with van der Waals surface area (Å²) in [6, 6.07) is 8.82. The third kappa shape index (κ3) is 2.66. The number of carbonyl (C=O) groups is 1. The van der Waals surface area contributed by atoms with Gasteiger partial charge in [0.15, 0.2) is 0 Å². The molecule has 0 amide bonds. The van der Waals surface area contributed by atoms with Crippen LogP contribution >= 0.6 is 0 Å². The zero-order chi connectivity index (χ0) is 16.5. The number of nitrogens with zero attached hydrogens (tertiary/aromatic N) is 3. The molecule has 0 saturated heterocycles. The van der Waals surface area contributed by atoms with Crippen LogP contribution < -0.4 is 5.73 Å². The SMILES string of the molecule is COC(=O)c1ccc(-c2nn(C(C)(C)C)c(N)c2C#N)cc1. The topological polar surface area (TPSA) is 93.9 Å². The molecule has 6 heteroatoms. The first-order valence-corrected chi connectivity index (χ1v) is 6.77. The van der Waals surface area contributed by atoms with Gasteiger partial charge in [-0.15, -0.1) is 0 Å². The number of hydrogen-bond donors (Lipinski definition) is 1. The highest BCUT2D eigenvalue weighted by atomic mass is 16.5. The van der Waals surface area contributed by atoms with Gasteiger partial charge in [-0.05, 0) is 32.9 Å². The average Bonchev–Trinajstić information content (AvgIpc) is 2.83. The van der Waals surface area contributed by atoms with E-state index in [0.717, 1.165) is 5.56 Å². The van der Waals surface area contributed by atoms with Gasteiger partial charge < -0.3 is 10.5 Å². The van der Waals surface area contributed by atoms with Gasteiger partial charge in [0.05, 0.1) is 18.2 Å². The number of rotatable bonds is 2. The molecule has 0 aliphatic carbocycles. The molecule has 0 bridgehead atoms. The van der Waals surface area contributed by atoms with Crippen molar-refractivity contribution in [1.29, 1.82) is 5.26 Å². The molecule has 1 heterocycles. The number of benzene rings is 1. The van der Waals surface area contributed by atoms with E-state index in [9.17, 15) is 10.1 Å². The van der Waals surface area contributed by atoms with E-state index in [1.165, 1.54) is 7.11 Å². The summed E-state index contributed by atoms with van der Waals surface area (Å²) in [6.07, 6.45) is 0. The van der Waals surface area contributed by atoms with Crippen molar-refractivity contribution in [2.24, 2.45) is 0 Å². The minimum Gasteiger partial charge on any atom is -0.465 e. The Bertz CT molecular complexity index is 746. The largest absolute Gasteiger partial charge is 0.465 e. The van der Waals surface area contributed by atoms with Gasteiger partial charge in [0.2, 0.25) is 0 Å². The van der Waals surface area contributed by atoms with Crippen LogP contribution in [0.15, 0.2) is 24.3 Å². The van der Waals surface area contributed by atoms with E-state index in [-0.39, 0.29) is 5.54 Å².